The van der Waals surface area contributed by atoms with E-state index in [0.717, 1.165) is 6.42 Å². The van der Waals surface area contributed by atoms with Crippen LogP contribution in [0.5, 0.6) is 5.75 Å². The highest BCUT2D eigenvalue weighted by atomic mass is 16.6. The van der Waals surface area contributed by atoms with Crippen molar-refractivity contribution in [2.24, 2.45) is 29.1 Å². The number of aromatic nitrogens is 1. The number of hydrogen-bond acceptors (Lipinski definition) is 8. The van der Waals surface area contributed by atoms with Crippen molar-refractivity contribution in [1.82, 2.24) is 4.98 Å². The number of Topliss-reactive ketones (excluding diaryl/α,β-unsaturated/α-hetero) is 1. The number of rotatable bonds is 5. The van der Waals surface area contributed by atoms with Gasteiger partial charge in [0.05, 0.1) is 17.7 Å². The second-order valence-corrected chi connectivity index (χ2v) is 11.7. The second-order valence-electron chi connectivity index (χ2n) is 11.7. The standard InChI is InChI=1S/C30H37NO7/c1-16-8-9-22-23(29(22,6)7)12-17(2)28(35)30(38-20(5)34)13-18(3)27(25(30)26(16)36-19(4)33)37-24-14-31-11-10-21(24)15-32/h10-12,14-15,18,22-23,25-27H,1,8-9,13H2,2-7H3/b17-12-/t18-,22+,23+,25+,26-,27-,30+/m0/s1. The Hall–Kier alpha value is -3.29. The predicted molar refractivity (Wildman–Crippen MR) is 139 cm³/mol. The summed E-state index contributed by atoms with van der Waals surface area (Å²) in [5.41, 5.74) is -0.191. The molecule has 4 rings (SSSR count). The van der Waals surface area contributed by atoms with Crippen LogP contribution < -0.4 is 4.74 Å². The van der Waals surface area contributed by atoms with Gasteiger partial charge in [-0.2, -0.15) is 0 Å². The molecule has 0 amide bonds. The van der Waals surface area contributed by atoms with E-state index in [4.69, 9.17) is 14.2 Å². The molecule has 3 aliphatic rings. The van der Waals surface area contributed by atoms with Crippen LogP contribution in [0.15, 0.2) is 42.3 Å². The molecule has 0 aliphatic heterocycles. The fourth-order valence-electron chi connectivity index (χ4n) is 6.77. The van der Waals surface area contributed by atoms with E-state index in [0.29, 0.717) is 35.3 Å². The van der Waals surface area contributed by atoms with Crippen LogP contribution in [-0.4, -0.2) is 46.8 Å². The molecular weight excluding hydrogens is 486 g/mol. The van der Waals surface area contributed by atoms with Crippen LogP contribution in [0.25, 0.3) is 0 Å². The summed E-state index contributed by atoms with van der Waals surface area (Å²) in [6.45, 7) is 14.9. The molecule has 0 radical (unpaired) electrons. The first-order valence-corrected chi connectivity index (χ1v) is 13.2. The zero-order valence-electron chi connectivity index (χ0n) is 23.0. The van der Waals surface area contributed by atoms with Gasteiger partial charge in [0.2, 0.25) is 5.78 Å². The molecule has 8 nitrogen and oxygen atoms in total. The van der Waals surface area contributed by atoms with Gasteiger partial charge in [-0.3, -0.25) is 24.2 Å². The zero-order chi connectivity index (χ0) is 28.0. The molecule has 38 heavy (non-hydrogen) atoms. The monoisotopic (exact) mass is 523 g/mol. The smallest absolute Gasteiger partial charge is 0.303 e. The summed E-state index contributed by atoms with van der Waals surface area (Å²) in [4.78, 5) is 55.1. The van der Waals surface area contributed by atoms with Gasteiger partial charge in [-0.1, -0.05) is 33.4 Å². The Morgan fingerprint density at radius 2 is 1.92 bits per heavy atom. The van der Waals surface area contributed by atoms with Gasteiger partial charge in [-0.05, 0) is 60.1 Å². The highest BCUT2D eigenvalue weighted by Gasteiger charge is 2.65. The van der Waals surface area contributed by atoms with Gasteiger partial charge in [-0.15, -0.1) is 0 Å². The minimum atomic E-state index is -1.65. The van der Waals surface area contributed by atoms with Gasteiger partial charge in [0, 0.05) is 26.5 Å². The summed E-state index contributed by atoms with van der Waals surface area (Å²) in [5, 5.41) is 0. The number of esters is 2. The van der Waals surface area contributed by atoms with Gasteiger partial charge in [0.1, 0.15) is 18.0 Å². The fourth-order valence-corrected chi connectivity index (χ4v) is 6.77. The average molecular weight is 524 g/mol. The lowest BCUT2D eigenvalue weighted by Gasteiger charge is -2.40. The molecule has 2 saturated carbocycles. The molecule has 204 valence electrons. The number of carbonyl (C=O) groups excluding carboxylic acids is 4. The topological polar surface area (TPSA) is 109 Å². The maximum Gasteiger partial charge on any atom is 0.303 e. The lowest BCUT2D eigenvalue weighted by atomic mass is 9.76. The average Bonchev–Trinajstić information content (AvgIpc) is 3.24. The summed E-state index contributed by atoms with van der Waals surface area (Å²) in [6, 6.07) is 1.54. The number of fused-ring (bicyclic) bond motifs is 2. The van der Waals surface area contributed by atoms with Crippen LogP contribution in [0.1, 0.15) is 71.2 Å². The van der Waals surface area contributed by atoms with E-state index in [9.17, 15) is 19.2 Å². The first-order chi connectivity index (χ1) is 17.8. The summed E-state index contributed by atoms with van der Waals surface area (Å²) >= 11 is 0. The molecule has 0 unspecified atom stereocenters. The highest BCUT2D eigenvalue weighted by molar-refractivity contribution is 6.03. The molecule has 1 aromatic rings. The maximum absolute atomic E-state index is 14.4. The lowest BCUT2D eigenvalue weighted by Crippen LogP contribution is -2.55. The quantitative estimate of drug-likeness (QED) is 0.311. The van der Waals surface area contributed by atoms with E-state index >= 15 is 0 Å². The van der Waals surface area contributed by atoms with Crippen molar-refractivity contribution in [3.63, 3.8) is 0 Å². The summed E-state index contributed by atoms with van der Waals surface area (Å²) < 4.78 is 18.3. The largest absolute Gasteiger partial charge is 0.487 e. The second kappa shape index (κ2) is 10.1. The van der Waals surface area contributed by atoms with E-state index < -0.39 is 35.7 Å². The van der Waals surface area contributed by atoms with Gasteiger partial charge in [0.25, 0.3) is 0 Å². The zero-order valence-corrected chi connectivity index (χ0v) is 23.0. The number of hydrogen-bond donors (Lipinski definition) is 0. The van der Waals surface area contributed by atoms with Crippen LogP contribution in [0.2, 0.25) is 0 Å². The van der Waals surface area contributed by atoms with Gasteiger partial charge in [0.15, 0.2) is 11.9 Å². The van der Waals surface area contributed by atoms with Crippen LogP contribution in [0, 0.1) is 29.1 Å². The molecule has 8 heteroatoms. The third-order valence-electron chi connectivity index (χ3n) is 8.72. The molecule has 0 bridgehead atoms. The van der Waals surface area contributed by atoms with Gasteiger partial charge in [-0.25, -0.2) is 0 Å². The molecule has 3 aliphatic carbocycles. The number of allylic oxidation sites excluding steroid dienone is 1. The van der Waals surface area contributed by atoms with Crippen LogP contribution in [-0.2, 0) is 23.9 Å². The van der Waals surface area contributed by atoms with Gasteiger partial charge >= 0.3 is 11.9 Å². The van der Waals surface area contributed by atoms with E-state index in [1.165, 1.54) is 32.3 Å². The Labute approximate surface area is 223 Å². The normalized spacial score (nSPS) is 35.5. The molecule has 7 atom stereocenters. The van der Waals surface area contributed by atoms with Gasteiger partial charge < -0.3 is 14.2 Å². The Bertz CT molecular complexity index is 1200. The van der Waals surface area contributed by atoms with Crippen molar-refractivity contribution < 1.29 is 33.4 Å². The Kier molecular flexibility index (Phi) is 7.38. The first-order valence-electron chi connectivity index (χ1n) is 13.2. The molecule has 0 spiro atoms. The Morgan fingerprint density at radius 1 is 1.21 bits per heavy atom. The van der Waals surface area contributed by atoms with Crippen molar-refractivity contribution in [3.05, 3.63) is 47.8 Å². The van der Waals surface area contributed by atoms with Crippen LogP contribution >= 0.6 is 0 Å². The number of ether oxygens (including phenoxy) is 3. The van der Waals surface area contributed by atoms with E-state index in [1.807, 2.05) is 13.0 Å². The minimum absolute atomic E-state index is 0.0199. The molecule has 1 heterocycles. The number of ketones is 1. The molecule has 0 aromatic carbocycles. The first kappa shape index (κ1) is 27.7. The van der Waals surface area contributed by atoms with Crippen molar-refractivity contribution >= 4 is 24.0 Å². The third-order valence-corrected chi connectivity index (χ3v) is 8.72. The summed E-state index contributed by atoms with van der Waals surface area (Å²) in [5.74, 6) is -1.91. The lowest BCUT2D eigenvalue weighted by molar-refractivity contribution is -0.178. The highest BCUT2D eigenvalue weighted by Crippen LogP contribution is 2.62. The molecule has 1 aromatic heterocycles. The van der Waals surface area contributed by atoms with E-state index in [2.05, 4.69) is 25.4 Å². The van der Waals surface area contributed by atoms with Crippen molar-refractivity contribution in [1.29, 1.82) is 0 Å². The summed E-state index contributed by atoms with van der Waals surface area (Å²) in [6.07, 6.45) is 5.45. The fraction of sp³-hybridized carbons (Fsp3) is 0.567. The summed E-state index contributed by atoms with van der Waals surface area (Å²) in [7, 11) is 0. The molecule has 0 N–H and O–H groups in total. The molecular formula is C30H37NO7. The predicted octanol–water partition coefficient (Wildman–Crippen LogP) is 4.67. The molecule has 0 saturated heterocycles. The maximum atomic E-state index is 14.4. The van der Waals surface area contributed by atoms with Crippen LogP contribution in [0.4, 0.5) is 0 Å². The molecule has 2 fully saturated rings. The minimum Gasteiger partial charge on any atom is -0.487 e. The van der Waals surface area contributed by atoms with Crippen molar-refractivity contribution in [2.75, 3.05) is 0 Å². The number of nitrogens with zero attached hydrogens (tertiary/aromatic N) is 1. The van der Waals surface area contributed by atoms with Crippen molar-refractivity contribution in [3.8, 4) is 5.75 Å². The number of aldehydes is 1. The van der Waals surface area contributed by atoms with E-state index in [-0.39, 0.29) is 35.2 Å². The Balaban J connectivity index is 1.91. The SMILES string of the molecule is C=C1CC[C@@H]2[C@@H](/C=C(/C)C(=O)[C@@]3(OC(C)=O)C[C@H](C)[C@H](Oc4cnccc4C=O)[C@H]3[C@H]1OC(C)=O)C2(C)C. The Morgan fingerprint density at radius 3 is 2.55 bits per heavy atom. The number of pyridine rings is 1. The van der Waals surface area contributed by atoms with E-state index in [1.54, 1.807) is 6.92 Å². The van der Waals surface area contributed by atoms with Crippen LogP contribution in [0.3, 0.4) is 0 Å². The number of carbonyl (C=O) groups is 4. The third kappa shape index (κ3) is 4.81. The van der Waals surface area contributed by atoms with Crippen molar-refractivity contribution in [2.45, 2.75) is 78.6 Å².